The van der Waals surface area contributed by atoms with E-state index in [9.17, 15) is 10.0 Å². The molecule has 0 bridgehead atoms. The molecule has 0 spiro atoms. The van der Waals surface area contributed by atoms with Crippen LogP contribution >= 0.6 is 0 Å². The minimum absolute atomic E-state index is 0.216. The van der Waals surface area contributed by atoms with Crippen LogP contribution in [0.25, 0.3) is 0 Å². The van der Waals surface area contributed by atoms with E-state index in [1.54, 1.807) is 0 Å². The molecule has 0 saturated heterocycles. The van der Waals surface area contributed by atoms with Crippen molar-refractivity contribution in [1.82, 2.24) is 0 Å². The second-order valence-corrected chi connectivity index (χ2v) is 8.36. The van der Waals surface area contributed by atoms with Crippen molar-refractivity contribution < 1.29 is 10.0 Å². The number of rotatable bonds is 2. The molecule has 0 aromatic carbocycles. The van der Waals surface area contributed by atoms with Crippen molar-refractivity contribution in [3.8, 4) is 0 Å². The van der Waals surface area contributed by atoms with Crippen molar-refractivity contribution in [2.75, 3.05) is 0 Å². The predicted molar refractivity (Wildman–Crippen MR) is 110 cm³/mol. The van der Waals surface area contributed by atoms with Crippen LogP contribution in [0.3, 0.4) is 0 Å². The molecule has 27 heavy (non-hydrogen) atoms. The third-order valence-electron chi connectivity index (χ3n) is 6.92. The van der Waals surface area contributed by atoms with E-state index in [4.69, 9.17) is 0 Å². The number of hydrogen-bond donors (Lipinski definition) is 2. The second-order valence-electron chi connectivity index (χ2n) is 8.36. The highest BCUT2D eigenvalue weighted by Crippen LogP contribution is 2.50. The molecular formula is C24H25BO2. The lowest BCUT2D eigenvalue weighted by molar-refractivity contribution is 0.164. The highest BCUT2D eigenvalue weighted by atomic mass is 16.4. The average Bonchev–Trinajstić information content (AvgIpc) is 2.72. The van der Waals surface area contributed by atoms with Gasteiger partial charge in [-0.25, -0.2) is 0 Å². The summed E-state index contributed by atoms with van der Waals surface area (Å²) in [6, 6.07) is 0. The predicted octanol–water partition coefficient (Wildman–Crippen LogP) is 3.96. The fourth-order valence-electron chi connectivity index (χ4n) is 5.57. The molecule has 5 aliphatic rings. The Morgan fingerprint density at radius 2 is 1.41 bits per heavy atom. The summed E-state index contributed by atoms with van der Waals surface area (Å²) in [4.78, 5) is 0. The molecule has 136 valence electrons. The van der Waals surface area contributed by atoms with Crippen molar-refractivity contribution in [2.45, 2.75) is 6.42 Å². The van der Waals surface area contributed by atoms with E-state index in [-0.39, 0.29) is 5.92 Å². The van der Waals surface area contributed by atoms with Gasteiger partial charge in [0, 0.05) is 11.8 Å². The molecule has 3 heteroatoms. The molecule has 0 heterocycles. The summed E-state index contributed by atoms with van der Waals surface area (Å²) in [6.07, 6.45) is 32.5. The van der Waals surface area contributed by atoms with E-state index in [0.717, 1.165) is 0 Å². The maximum atomic E-state index is 9.53. The van der Waals surface area contributed by atoms with Gasteiger partial charge in [-0.05, 0) is 47.1 Å². The van der Waals surface area contributed by atoms with Crippen molar-refractivity contribution in [2.24, 2.45) is 41.4 Å². The number of hydrogen-bond acceptors (Lipinski definition) is 2. The standard InChI is InChI=1S/C24H25BO2/c26-25(27)20-12-11-16-9-10-18(13-19(16)14-20)24-15-17-5-1-2-6-21(17)22-7-3-4-8-23(22)24/h1-14,16-17,19,21-24,26-27H,15H2. The first-order chi connectivity index (χ1) is 13.2. The first kappa shape index (κ1) is 17.0. The quantitative estimate of drug-likeness (QED) is 0.736. The van der Waals surface area contributed by atoms with E-state index in [2.05, 4.69) is 72.9 Å². The van der Waals surface area contributed by atoms with Gasteiger partial charge in [0.2, 0.25) is 0 Å². The van der Waals surface area contributed by atoms with Gasteiger partial charge >= 0.3 is 7.12 Å². The Kier molecular flexibility index (Phi) is 4.30. The Balaban J connectivity index is 1.47. The number of allylic oxidation sites excluding steroid dienone is 16. The number of fused-ring (bicyclic) bond motifs is 4. The molecule has 0 aromatic heterocycles. The third-order valence-corrected chi connectivity index (χ3v) is 6.92. The smallest absolute Gasteiger partial charge is 0.423 e. The summed E-state index contributed by atoms with van der Waals surface area (Å²) in [5, 5.41) is 19.1. The lowest BCUT2D eigenvalue weighted by Crippen LogP contribution is -2.39. The molecule has 5 aliphatic carbocycles. The van der Waals surface area contributed by atoms with E-state index in [1.807, 2.05) is 12.2 Å². The van der Waals surface area contributed by atoms with Crippen molar-refractivity contribution in [1.29, 1.82) is 0 Å². The van der Waals surface area contributed by atoms with Crippen LogP contribution in [-0.2, 0) is 0 Å². The second kappa shape index (κ2) is 6.81. The van der Waals surface area contributed by atoms with Crippen LogP contribution in [-0.4, -0.2) is 17.2 Å². The van der Waals surface area contributed by atoms with Crippen LogP contribution in [0.5, 0.6) is 0 Å². The third kappa shape index (κ3) is 2.99. The molecular weight excluding hydrogens is 331 g/mol. The summed E-state index contributed by atoms with van der Waals surface area (Å²) >= 11 is 0. The van der Waals surface area contributed by atoms with E-state index in [0.29, 0.717) is 41.0 Å². The van der Waals surface area contributed by atoms with E-state index < -0.39 is 7.12 Å². The summed E-state index contributed by atoms with van der Waals surface area (Å²) in [6.45, 7) is 0. The highest BCUT2D eigenvalue weighted by Gasteiger charge is 2.43. The zero-order valence-electron chi connectivity index (χ0n) is 15.3. The first-order valence-corrected chi connectivity index (χ1v) is 10.1. The maximum absolute atomic E-state index is 9.53. The molecule has 0 radical (unpaired) electrons. The van der Waals surface area contributed by atoms with Crippen LogP contribution in [0.4, 0.5) is 0 Å². The zero-order chi connectivity index (χ0) is 18.4. The minimum atomic E-state index is -1.39. The van der Waals surface area contributed by atoms with Crippen molar-refractivity contribution >= 4 is 7.12 Å². The zero-order valence-corrected chi connectivity index (χ0v) is 15.3. The Hall–Kier alpha value is -2.10. The minimum Gasteiger partial charge on any atom is -0.423 e. The topological polar surface area (TPSA) is 40.5 Å². The summed E-state index contributed by atoms with van der Waals surface area (Å²) in [7, 11) is -1.39. The molecule has 2 N–H and O–H groups in total. The van der Waals surface area contributed by atoms with E-state index >= 15 is 0 Å². The van der Waals surface area contributed by atoms with Gasteiger partial charge in [-0.2, -0.15) is 0 Å². The molecule has 0 amide bonds. The van der Waals surface area contributed by atoms with Gasteiger partial charge in [0.1, 0.15) is 0 Å². The van der Waals surface area contributed by atoms with Crippen LogP contribution in [0, 0.1) is 41.4 Å². The molecule has 2 nitrogen and oxygen atoms in total. The molecule has 5 rings (SSSR count). The summed E-state index contributed by atoms with van der Waals surface area (Å²) in [5.74, 6) is 3.34. The fraction of sp³-hybridized carbons (Fsp3) is 0.333. The largest absolute Gasteiger partial charge is 0.488 e. The Labute approximate surface area is 161 Å². The van der Waals surface area contributed by atoms with Gasteiger partial charge in [-0.1, -0.05) is 85.1 Å². The molecule has 7 unspecified atom stereocenters. The van der Waals surface area contributed by atoms with Crippen LogP contribution in [0.2, 0.25) is 0 Å². The highest BCUT2D eigenvalue weighted by molar-refractivity contribution is 6.51. The SMILES string of the molecule is OB(O)C1=CC2C=C(C3CC4C=CC=CC4C4C=CC=CC34)C=CC2C=C1. The van der Waals surface area contributed by atoms with Gasteiger partial charge in [0.05, 0.1) is 0 Å². The molecule has 1 fully saturated rings. The Morgan fingerprint density at radius 3 is 2.22 bits per heavy atom. The molecule has 0 aromatic rings. The average molecular weight is 356 g/mol. The van der Waals surface area contributed by atoms with Gasteiger partial charge in [-0.3, -0.25) is 0 Å². The van der Waals surface area contributed by atoms with Crippen LogP contribution in [0.15, 0.2) is 96.1 Å². The first-order valence-electron chi connectivity index (χ1n) is 10.1. The van der Waals surface area contributed by atoms with Crippen molar-refractivity contribution in [3.05, 3.63) is 96.1 Å². The van der Waals surface area contributed by atoms with Gasteiger partial charge in [0.25, 0.3) is 0 Å². The monoisotopic (exact) mass is 356 g/mol. The van der Waals surface area contributed by atoms with E-state index in [1.165, 1.54) is 12.0 Å². The summed E-state index contributed by atoms with van der Waals surface area (Å²) < 4.78 is 0. The van der Waals surface area contributed by atoms with Gasteiger partial charge in [-0.15, -0.1) is 0 Å². The van der Waals surface area contributed by atoms with Crippen LogP contribution < -0.4 is 0 Å². The lowest BCUT2D eigenvalue weighted by Gasteiger charge is -2.46. The Morgan fingerprint density at radius 1 is 0.704 bits per heavy atom. The van der Waals surface area contributed by atoms with Crippen LogP contribution in [0.1, 0.15) is 6.42 Å². The molecule has 1 saturated carbocycles. The lowest BCUT2D eigenvalue weighted by atomic mass is 9.57. The summed E-state index contributed by atoms with van der Waals surface area (Å²) in [5.41, 5.74) is 2.01. The van der Waals surface area contributed by atoms with Gasteiger partial charge < -0.3 is 10.0 Å². The molecule has 0 aliphatic heterocycles. The van der Waals surface area contributed by atoms with Crippen molar-refractivity contribution in [3.63, 3.8) is 0 Å². The Bertz CT molecular complexity index is 852. The van der Waals surface area contributed by atoms with Gasteiger partial charge in [0.15, 0.2) is 0 Å². The fourth-order valence-corrected chi connectivity index (χ4v) is 5.57. The maximum Gasteiger partial charge on any atom is 0.488 e. The molecule has 7 atom stereocenters. The normalized spacial score (nSPS) is 40.7.